The van der Waals surface area contributed by atoms with Gasteiger partial charge >= 0.3 is 0 Å². The van der Waals surface area contributed by atoms with Crippen LogP contribution in [0.25, 0.3) is 0 Å². The molecule has 0 saturated heterocycles. The summed E-state index contributed by atoms with van der Waals surface area (Å²) in [7, 11) is 1.52. The van der Waals surface area contributed by atoms with E-state index in [0.29, 0.717) is 26.5 Å². The van der Waals surface area contributed by atoms with Crippen LogP contribution in [0.5, 0.6) is 5.75 Å². The Morgan fingerprint density at radius 3 is 2.81 bits per heavy atom. The summed E-state index contributed by atoms with van der Waals surface area (Å²) in [5.74, 6) is 5.79. The van der Waals surface area contributed by atoms with Crippen LogP contribution < -0.4 is 21.3 Å². The summed E-state index contributed by atoms with van der Waals surface area (Å²) in [5, 5.41) is 3.12. The average molecular weight is 372 g/mol. The van der Waals surface area contributed by atoms with E-state index in [1.165, 1.54) is 13.3 Å². The number of nitrogens with two attached hydrogens (primary N) is 1. The highest BCUT2D eigenvalue weighted by Gasteiger charge is 2.14. The predicted octanol–water partition coefficient (Wildman–Crippen LogP) is 3.04. The second kappa shape index (κ2) is 6.75. The molecule has 1 heterocycles. The van der Waals surface area contributed by atoms with Gasteiger partial charge in [-0.15, -0.1) is 0 Å². The van der Waals surface area contributed by atoms with Crippen LogP contribution in [0, 0.1) is 0 Å². The molecule has 0 spiro atoms. The van der Waals surface area contributed by atoms with Crippen LogP contribution in [0.15, 0.2) is 34.9 Å². The minimum atomic E-state index is -0.363. The second-order valence-corrected chi connectivity index (χ2v) is 5.32. The number of carbonyl (C=O) groups is 1. The molecule has 110 valence electrons. The molecule has 2 rings (SSSR count). The van der Waals surface area contributed by atoms with Gasteiger partial charge in [-0.3, -0.25) is 4.79 Å². The fourth-order valence-electron chi connectivity index (χ4n) is 1.67. The molecule has 0 aliphatic heterocycles. The number of hydrogen-bond donors (Lipinski definition) is 3. The highest BCUT2D eigenvalue weighted by Crippen LogP contribution is 2.28. The van der Waals surface area contributed by atoms with Crippen LogP contribution in [-0.2, 0) is 0 Å². The van der Waals surface area contributed by atoms with Crippen molar-refractivity contribution in [3.8, 4) is 5.75 Å². The van der Waals surface area contributed by atoms with Crippen LogP contribution in [0.3, 0.4) is 0 Å². The smallest absolute Gasteiger partial charge is 0.259 e. The number of pyridine rings is 1. The molecule has 0 bridgehead atoms. The Morgan fingerprint density at radius 1 is 1.43 bits per heavy atom. The molecule has 1 aromatic carbocycles. The number of nitrogens with one attached hydrogen (secondary N) is 2. The maximum Gasteiger partial charge on any atom is 0.259 e. The zero-order valence-corrected chi connectivity index (χ0v) is 13.3. The fourth-order valence-corrected chi connectivity index (χ4v) is 2.26. The Balaban J connectivity index is 2.26. The summed E-state index contributed by atoms with van der Waals surface area (Å²) in [4.78, 5) is 16.3. The number of hydrogen-bond acceptors (Lipinski definition) is 5. The number of amides is 1. The molecule has 0 aliphatic rings. The first kappa shape index (κ1) is 15.6. The quantitative estimate of drug-likeness (QED) is 0.568. The average Bonchev–Trinajstić information content (AvgIpc) is 2.47. The number of rotatable bonds is 4. The Bertz CT molecular complexity index is 681. The van der Waals surface area contributed by atoms with Crippen molar-refractivity contribution in [1.82, 2.24) is 4.98 Å². The number of nitrogen functional groups attached to an aromatic ring is 1. The minimum absolute atomic E-state index is 0.273. The van der Waals surface area contributed by atoms with Crippen molar-refractivity contribution < 1.29 is 9.53 Å². The molecule has 0 unspecified atom stereocenters. The summed E-state index contributed by atoms with van der Waals surface area (Å²) in [6, 6.07) is 6.56. The molecule has 0 fully saturated rings. The van der Waals surface area contributed by atoms with E-state index in [0.717, 1.165) is 0 Å². The molecule has 0 radical (unpaired) electrons. The van der Waals surface area contributed by atoms with E-state index < -0.39 is 0 Å². The zero-order chi connectivity index (χ0) is 15.4. The van der Waals surface area contributed by atoms with Gasteiger partial charge in [-0.2, -0.15) is 0 Å². The molecular weight excluding hydrogens is 360 g/mol. The van der Waals surface area contributed by atoms with Crippen LogP contribution in [-0.4, -0.2) is 18.0 Å². The number of carbonyl (C=O) groups excluding carboxylic acids is 1. The van der Waals surface area contributed by atoms with E-state index in [9.17, 15) is 4.79 Å². The summed E-state index contributed by atoms with van der Waals surface area (Å²) < 4.78 is 5.72. The Hall–Kier alpha value is -1.83. The number of hydrazine groups is 1. The highest BCUT2D eigenvalue weighted by molar-refractivity contribution is 9.10. The van der Waals surface area contributed by atoms with Crippen molar-refractivity contribution in [2.24, 2.45) is 5.84 Å². The number of anilines is 2. The third kappa shape index (κ3) is 3.63. The van der Waals surface area contributed by atoms with E-state index >= 15 is 0 Å². The second-order valence-electron chi connectivity index (χ2n) is 4.00. The standard InChI is InChI=1S/C13H12BrClN4O2/c1-21-11-3-2-8(5-10(11)15)18-13(20)9-4-7(14)6-17-12(9)19-16/h2-6H,16H2,1H3,(H,17,19)(H,18,20). The van der Waals surface area contributed by atoms with Gasteiger partial charge in [0, 0.05) is 16.4 Å². The molecule has 8 heteroatoms. The van der Waals surface area contributed by atoms with Crippen molar-refractivity contribution >= 4 is 44.9 Å². The largest absolute Gasteiger partial charge is 0.495 e. The monoisotopic (exact) mass is 370 g/mol. The van der Waals surface area contributed by atoms with Crippen molar-refractivity contribution in [3.63, 3.8) is 0 Å². The number of nitrogens with zero attached hydrogens (tertiary/aromatic N) is 1. The predicted molar refractivity (Wildman–Crippen MR) is 85.7 cm³/mol. The SMILES string of the molecule is COc1ccc(NC(=O)c2cc(Br)cnc2NN)cc1Cl. The Morgan fingerprint density at radius 2 is 2.19 bits per heavy atom. The third-order valence-corrected chi connectivity index (χ3v) is 3.37. The van der Waals surface area contributed by atoms with Gasteiger partial charge in [0.25, 0.3) is 5.91 Å². The summed E-state index contributed by atoms with van der Waals surface area (Å²) in [6.07, 6.45) is 1.54. The minimum Gasteiger partial charge on any atom is -0.495 e. The van der Waals surface area contributed by atoms with Gasteiger partial charge < -0.3 is 15.5 Å². The van der Waals surface area contributed by atoms with Crippen molar-refractivity contribution in [1.29, 1.82) is 0 Å². The number of ether oxygens (including phenoxy) is 1. The zero-order valence-electron chi connectivity index (χ0n) is 11.0. The van der Waals surface area contributed by atoms with Crippen LogP contribution in [0.1, 0.15) is 10.4 Å². The molecule has 0 saturated carbocycles. The van der Waals surface area contributed by atoms with Gasteiger partial charge in [-0.1, -0.05) is 11.6 Å². The summed E-state index contributed by atoms with van der Waals surface area (Å²) >= 11 is 9.28. The van der Waals surface area contributed by atoms with Gasteiger partial charge in [0.15, 0.2) is 5.82 Å². The van der Waals surface area contributed by atoms with Gasteiger partial charge in [0.1, 0.15) is 5.75 Å². The van der Waals surface area contributed by atoms with Gasteiger partial charge in [0.05, 0.1) is 17.7 Å². The van der Waals surface area contributed by atoms with E-state index in [4.69, 9.17) is 22.2 Å². The molecule has 0 atom stereocenters. The van der Waals surface area contributed by atoms with Crippen LogP contribution in [0.2, 0.25) is 5.02 Å². The molecule has 6 nitrogen and oxygen atoms in total. The highest BCUT2D eigenvalue weighted by atomic mass is 79.9. The van der Waals surface area contributed by atoms with Gasteiger partial charge in [-0.25, -0.2) is 10.8 Å². The van der Waals surface area contributed by atoms with Gasteiger partial charge in [-0.05, 0) is 40.2 Å². The van der Waals surface area contributed by atoms with Crippen LogP contribution in [0.4, 0.5) is 11.5 Å². The Kier molecular flexibility index (Phi) is 5.00. The number of halogens is 2. The topological polar surface area (TPSA) is 89.3 Å². The fraction of sp³-hybridized carbons (Fsp3) is 0.0769. The molecule has 4 N–H and O–H groups in total. The molecule has 1 aromatic heterocycles. The first-order chi connectivity index (χ1) is 10.0. The molecule has 0 aliphatic carbocycles. The number of benzene rings is 1. The maximum atomic E-state index is 12.3. The summed E-state index contributed by atoms with van der Waals surface area (Å²) in [5.41, 5.74) is 3.22. The normalized spacial score (nSPS) is 10.1. The maximum absolute atomic E-state index is 12.3. The van der Waals surface area contributed by atoms with E-state index in [1.54, 1.807) is 24.3 Å². The van der Waals surface area contributed by atoms with E-state index in [2.05, 4.69) is 31.7 Å². The molecule has 21 heavy (non-hydrogen) atoms. The lowest BCUT2D eigenvalue weighted by Gasteiger charge is -2.10. The van der Waals surface area contributed by atoms with Gasteiger partial charge in [0.2, 0.25) is 0 Å². The van der Waals surface area contributed by atoms with Crippen molar-refractivity contribution in [2.45, 2.75) is 0 Å². The van der Waals surface area contributed by atoms with Crippen molar-refractivity contribution in [3.05, 3.63) is 45.5 Å². The third-order valence-electron chi connectivity index (χ3n) is 2.65. The van der Waals surface area contributed by atoms with E-state index in [-0.39, 0.29) is 11.7 Å². The lowest BCUT2D eigenvalue weighted by atomic mass is 10.2. The van der Waals surface area contributed by atoms with Crippen LogP contribution >= 0.6 is 27.5 Å². The van der Waals surface area contributed by atoms with E-state index in [1.807, 2.05) is 0 Å². The lowest BCUT2D eigenvalue weighted by molar-refractivity contribution is 0.102. The molecular formula is C13H12BrClN4O2. The molecule has 2 aromatic rings. The lowest BCUT2D eigenvalue weighted by Crippen LogP contribution is -2.18. The first-order valence-corrected chi connectivity index (χ1v) is 6.99. The summed E-state index contributed by atoms with van der Waals surface area (Å²) in [6.45, 7) is 0. The number of aromatic nitrogens is 1. The molecule has 1 amide bonds. The first-order valence-electron chi connectivity index (χ1n) is 5.82. The Labute approximate surface area is 134 Å². The van der Waals surface area contributed by atoms with Crippen molar-refractivity contribution in [2.75, 3.05) is 17.9 Å². The number of methoxy groups -OCH3 is 1.